The number of aliphatic hydroxyl groups excluding tert-OH is 1. The van der Waals surface area contributed by atoms with Gasteiger partial charge in [0.1, 0.15) is 24.2 Å². The van der Waals surface area contributed by atoms with Crippen molar-refractivity contribution in [3.8, 4) is 0 Å². The van der Waals surface area contributed by atoms with Crippen molar-refractivity contribution in [2.24, 2.45) is 11.7 Å². The molecule has 0 fully saturated rings. The normalized spacial score (nSPS) is 15.5. The van der Waals surface area contributed by atoms with E-state index in [9.17, 15) is 34.2 Å². The van der Waals surface area contributed by atoms with Crippen LogP contribution in [0.2, 0.25) is 0 Å². The monoisotopic (exact) mass is 484 g/mol. The molecule has 1 aromatic heterocycles. The van der Waals surface area contributed by atoms with Crippen LogP contribution in [0.15, 0.2) is 12.5 Å². The van der Waals surface area contributed by atoms with Crippen LogP contribution in [-0.2, 0) is 30.4 Å². The van der Waals surface area contributed by atoms with Crippen LogP contribution in [0.25, 0.3) is 0 Å². The van der Waals surface area contributed by atoms with Crippen LogP contribution in [0.5, 0.6) is 0 Å². The molecule has 0 aromatic carbocycles. The molecule has 9 N–H and O–H groups in total. The number of aromatic nitrogens is 2. The van der Waals surface area contributed by atoms with E-state index in [-0.39, 0.29) is 18.8 Å². The summed E-state index contributed by atoms with van der Waals surface area (Å²) in [5, 5.41) is 34.9. The number of aliphatic hydroxyl groups is 1. The van der Waals surface area contributed by atoms with Gasteiger partial charge in [-0.15, -0.1) is 0 Å². The van der Waals surface area contributed by atoms with Gasteiger partial charge >= 0.3 is 11.9 Å². The average Bonchev–Trinajstić information content (AvgIpc) is 3.23. The second-order valence-corrected chi connectivity index (χ2v) is 8.30. The topological polar surface area (TPSA) is 237 Å². The fraction of sp³-hybridized carbons (Fsp3) is 0.600. The maximum atomic E-state index is 12.9. The zero-order valence-corrected chi connectivity index (χ0v) is 19.1. The van der Waals surface area contributed by atoms with Crippen LogP contribution in [0, 0.1) is 5.92 Å². The number of nitrogens with zero attached hydrogens (tertiary/aromatic N) is 1. The minimum absolute atomic E-state index is 0.0850. The van der Waals surface area contributed by atoms with Crippen LogP contribution in [0.1, 0.15) is 39.3 Å². The van der Waals surface area contributed by atoms with E-state index in [4.69, 9.17) is 10.8 Å². The molecule has 5 unspecified atom stereocenters. The first-order chi connectivity index (χ1) is 15.8. The van der Waals surface area contributed by atoms with E-state index in [0.717, 1.165) is 0 Å². The number of carbonyl (C=O) groups is 5. The van der Waals surface area contributed by atoms with Crippen molar-refractivity contribution >= 4 is 29.7 Å². The third-order valence-corrected chi connectivity index (χ3v) is 4.77. The Morgan fingerprint density at radius 2 is 1.53 bits per heavy atom. The molecule has 3 amide bonds. The SMILES string of the molecule is CC(C)CC(NC(=O)C(CC(=O)O)NC(=O)C(N)C(C)O)C(=O)NC(Cc1cnc[nH]1)C(=O)O. The van der Waals surface area contributed by atoms with Crippen LogP contribution >= 0.6 is 0 Å². The fourth-order valence-corrected chi connectivity index (χ4v) is 2.93. The molecule has 5 atom stereocenters. The maximum absolute atomic E-state index is 12.9. The summed E-state index contributed by atoms with van der Waals surface area (Å²) in [7, 11) is 0. The number of hydrogen-bond donors (Lipinski definition) is 8. The number of hydrogen-bond acceptors (Lipinski definition) is 8. The van der Waals surface area contributed by atoms with Crippen molar-refractivity contribution in [1.29, 1.82) is 0 Å². The number of nitrogens with two attached hydrogens (primary N) is 1. The molecule has 0 bridgehead atoms. The molecule has 1 rings (SSSR count). The quantitative estimate of drug-likeness (QED) is 0.141. The lowest BCUT2D eigenvalue weighted by molar-refractivity contribution is -0.143. The summed E-state index contributed by atoms with van der Waals surface area (Å²) in [5.74, 6) is -5.54. The van der Waals surface area contributed by atoms with Gasteiger partial charge in [-0.05, 0) is 19.3 Å². The highest BCUT2D eigenvalue weighted by atomic mass is 16.4. The molecule has 0 saturated carbocycles. The number of carbonyl (C=O) groups excluding carboxylic acids is 3. The van der Waals surface area contributed by atoms with Gasteiger partial charge in [-0.3, -0.25) is 19.2 Å². The maximum Gasteiger partial charge on any atom is 0.326 e. The number of imidazole rings is 1. The van der Waals surface area contributed by atoms with Crippen molar-refractivity contribution in [1.82, 2.24) is 25.9 Å². The summed E-state index contributed by atoms with van der Waals surface area (Å²) in [5.41, 5.74) is 5.99. The van der Waals surface area contributed by atoms with Gasteiger partial charge in [0, 0.05) is 18.3 Å². The Labute approximate surface area is 195 Å². The predicted molar refractivity (Wildman–Crippen MR) is 117 cm³/mol. The Hall–Kier alpha value is -3.52. The molecule has 1 heterocycles. The molecule has 0 aliphatic rings. The summed E-state index contributed by atoms with van der Waals surface area (Å²) < 4.78 is 0. The number of carboxylic acid groups (broad SMARTS) is 2. The standard InChI is InChI=1S/C20H32N6O8/c1-9(2)4-12(17(30)26-14(20(33)34)5-11-7-22-8-23-11)24-18(31)13(6-15(28)29)25-19(32)16(21)10(3)27/h7-10,12-14,16,27H,4-6,21H2,1-3H3,(H,22,23)(H,24,31)(H,25,32)(H,26,30)(H,28,29)(H,33,34). The minimum atomic E-state index is -1.59. The predicted octanol–water partition coefficient (Wildman–Crippen LogP) is -2.28. The lowest BCUT2D eigenvalue weighted by atomic mass is 10.0. The molecular formula is C20H32N6O8. The zero-order valence-electron chi connectivity index (χ0n) is 19.1. The van der Waals surface area contributed by atoms with Crippen LogP contribution in [0.4, 0.5) is 0 Å². The molecule has 34 heavy (non-hydrogen) atoms. The van der Waals surface area contributed by atoms with Gasteiger partial charge in [-0.1, -0.05) is 13.8 Å². The average molecular weight is 485 g/mol. The Kier molecular flexibility index (Phi) is 11.1. The molecule has 14 heteroatoms. The first kappa shape index (κ1) is 28.5. The van der Waals surface area contributed by atoms with Gasteiger partial charge in [0.05, 0.1) is 18.9 Å². The van der Waals surface area contributed by atoms with Gasteiger partial charge < -0.3 is 42.0 Å². The highest BCUT2D eigenvalue weighted by molar-refractivity contribution is 5.95. The van der Waals surface area contributed by atoms with Crippen molar-refractivity contribution in [3.05, 3.63) is 18.2 Å². The largest absolute Gasteiger partial charge is 0.481 e. The Morgan fingerprint density at radius 3 is 2.00 bits per heavy atom. The summed E-state index contributed by atoms with van der Waals surface area (Å²) in [4.78, 5) is 67.1. The number of amides is 3. The van der Waals surface area contributed by atoms with Crippen molar-refractivity contribution < 1.29 is 39.3 Å². The van der Waals surface area contributed by atoms with Gasteiger partial charge in [-0.2, -0.15) is 0 Å². The van der Waals surface area contributed by atoms with Gasteiger partial charge in [0.25, 0.3) is 0 Å². The Balaban J connectivity index is 2.99. The second kappa shape index (κ2) is 13.3. The lowest BCUT2D eigenvalue weighted by Crippen LogP contribution is -2.58. The zero-order chi connectivity index (χ0) is 26.0. The van der Waals surface area contributed by atoms with E-state index in [0.29, 0.717) is 5.69 Å². The molecular weight excluding hydrogens is 452 g/mol. The molecule has 0 radical (unpaired) electrons. The van der Waals surface area contributed by atoms with E-state index in [1.54, 1.807) is 13.8 Å². The highest BCUT2D eigenvalue weighted by Gasteiger charge is 2.32. The number of nitrogens with one attached hydrogen (secondary N) is 4. The summed E-state index contributed by atoms with van der Waals surface area (Å²) >= 11 is 0. The summed E-state index contributed by atoms with van der Waals surface area (Å²) in [6, 6.07) is -5.52. The molecule has 0 aliphatic heterocycles. The van der Waals surface area contributed by atoms with Gasteiger partial charge in [0.15, 0.2) is 0 Å². The molecule has 0 spiro atoms. The van der Waals surface area contributed by atoms with Crippen LogP contribution < -0.4 is 21.7 Å². The first-order valence-corrected chi connectivity index (χ1v) is 10.6. The van der Waals surface area contributed by atoms with Crippen molar-refractivity contribution in [2.75, 3.05) is 0 Å². The number of aromatic amines is 1. The third-order valence-electron chi connectivity index (χ3n) is 4.77. The fourth-order valence-electron chi connectivity index (χ4n) is 2.93. The Morgan fingerprint density at radius 1 is 0.971 bits per heavy atom. The van der Waals surface area contributed by atoms with Gasteiger partial charge in [-0.25, -0.2) is 9.78 Å². The smallest absolute Gasteiger partial charge is 0.326 e. The van der Waals surface area contributed by atoms with E-state index >= 15 is 0 Å². The number of H-pyrrole nitrogens is 1. The van der Waals surface area contributed by atoms with E-state index in [2.05, 4.69) is 25.9 Å². The van der Waals surface area contributed by atoms with E-state index in [1.807, 2.05) is 0 Å². The lowest BCUT2D eigenvalue weighted by Gasteiger charge is -2.25. The summed E-state index contributed by atoms with van der Waals surface area (Å²) in [6.45, 7) is 4.79. The number of rotatable bonds is 14. The van der Waals surface area contributed by atoms with Crippen molar-refractivity contribution in [3.63, 3.8) is 0 Å². The number of aliphatic carboxylic acids is 2. The molecule has 0 aliphatic carbocycles. The first-order valence-electron chi connectivity index (χ1n) is 10.6. The third kappa shape index (κ3) is 9.54. The van der Waals surface area contributed by atoms with Crippen LogP contribution in [0.3, 0.4) is 0 Å². The summed E-state index contributed by atoms with van der Waals surface area (Å²) in [6.07, 6.45) is 0.728. The highest BCUT2D eigenvalue weighted by Crippen LogP contribution is 2.08. The minimum Gasteiger partial charge on any atom is -0.481 e. The molecule has 190 valence electrons. The van der Waals surface area contributed by atoms with E-state index in [1.165, 1.54) is 19.4 Å². The molecule has 14 nitrogen and oxygen atoms in total. The van der Waals surface area contributed by atoms with Crippen molar-refractivity contribution in [2.45, 2.75) is 70.3 Å². The Bertz CT molecular complexity index is 857. The van der Waals surface area contributed by atoms with E-state index < -0.39 is 66.4 Å². The van der Waals surface area contributed by atoms with Crippen LogP contribution in [-0.4, -0.2) is 85.2 Å². The number of carboxylic acids is 2. The van der Waals surface area contributed by atoms with Gasteiger partial charge in [0.2, 0.25) is 17.7 Å². The second-order valence-electron chi connectivity index (χ2n) is 8.30. The molecule has 1 aromatic rings. The molecule has 0 saturated heterocycles.